The van der Waals surface area contributed by atoms with Crippen molar-refractivity contribution in [3.8, 4) is 0 Å². The molecule has 1 unspecified atom stereocenters. The van der Waals surface area contributed by atoms with Crippen LogP contribution in [0, 0.1) is 5.82 Å². The standard InChI is InChI=1S/C13H18F4N2/c1-9(2)19(8-13(15,16)17)12(7-18)10-5-3-4-6-11(10)14/h3-6,9,12H,7-8,18H2,1-2H3. The summed E-state index contributed by atoms with van der Waals surface area (Å²) in [6, 6.07) is 4.60. The van der Waals surface area contributed by atoms with Crippen LogP contribution in [-0.4, -0.2) is 30.2 Å². The van der Waals surface area contributed by atoms with Gasteiger partial charge in [-0.25, -0.2) is 4.39 Å². The van der Waals surface area contributed by atoms with Crippen LogP contribution in [0.2, 0.25) is 0 Å². The number of hydrogen-bond acceptors (Lipinski definition) is 2. The van der Waals surface area contributed by atoms with Crippen molar-refractivity contribution >= 4 is 0 Å². The number of rotatable bonds is 5. The van der Waals surface area contributed by atoms with E-state index in [4.69, 9.17) is 5.73 Å². The van der Waals surface area contributed by atoms with Crippen molar-refractivity contribution in [2.75, 3.05) is 13.1 Å². The maximum absolute atomic E-state index is 13.7. The topological polar surface area (TPSA) is 29.3 Å². The van der Waals surface area contributed by atoms with Crippen LogP contribution < -0.4 is 5.73 Å². The lowest BCUT2D eigenvalue weighted by atomic mass is 10.0. The molecule has 0 aromatic heterocycles. The van der Waals surface area contributed by atoms with Crippen molar-refractivity contribution in [2.24, 2.45) is 5.73 Å². The molecule has 0 aliphatic rings. The molecular formula is C13H18F4N2. The minimum atomic E-state index is -4.34. The fourth-order valence-electron chi connectivity index (χ4n) is 2.05. The molecule has 0 fully saturated rings. The largest absolute Gasteiger partial charge is 0.401 e. The fraction of sp³-hybridized carbons (Fsp3) is 0.538. The summed E-state index contributed by atoms with van der Waals surface area (Å²) in [6.45, 7) is 2.08. The first-order valence-corrected chi connectivity index (χ1v) is 6.03. The fourth-order valence-corrected chi connectivity index (χ4v) is 2.05. The minimum absolute atomic E-state index is 0.0742. The lowest BCUT2D eigenvalue weighted by Crippen LogP contribution is -2.44. The molecule has 0 heterocycles. The summed E-state index contributed by atoms with van der Waals surface area (Å²) < 4.78 is 51.5. The highest BCUT2D eigenvalue weighted by atomic mass is 19.4. The number of hydrogen-bond donors (Lipinski definition) is 1. The second kappa shape index (κ2) is 6.34. The van der Waals surface area contributed by atoms with Crippen LogP contribution in [0.4, 0.5) is 17.6 Å². The number of nitrogens with two attached hydrogens (primary N) is 1. The summed E-state index contributed by atoms with van der Waals surface area (Å²) in [5.41, 5.74) is 5.75. The Hall–Kier alpha value is -1.14. The van der Waals surface area contributed by atoms with Crippen LogP contribution in [0.15, 0.2) is 24.3 Å². The molecule has 1 atom stereocenters. The van der Waals surface area contributed by atoms with Gasteiger partial charge in [-0.3, -0.25) is 4.90 Å². The maximum atomic E-state index is 13.7. The average molecular weight is 278 g/mol. The van der Waals surface area contributed by atoms with Gasteiger partial charge in [0.05, 0.1) is 12.6 Å². The van der Waals surface area contributed by atoms with E-state index in [0.717, 1.165) is 0 Å². The van der Waals surface area contributed by atoms with Gasteiger partial charge in [0.2, 0.25) is 0 Å². The molecule has 6 heteroatoms. The molecule has 1 aromatic rings. The summed E-state index contributed by atoms with van der Waals surface area (Å²) in [5.74, 6) is -0.536. The van der Waals surface area contributed by atoms with Gasteiger partial charge in [0.25, 0.3) is 0 Å². The molecule has 0 spiro atoms. The number of nitrogens with zero attached hydrogens (tertiary/aromatic N) is 1. The van der Waals surface area contributed by atoms with Crippen molar-refractivity contribution in [2.45, 2.75) is 32.1 Å². The molecule has 0 radical (unpaired) electrons. The van der Waals surface area contributed by atoms with Gasteiger partial charge in [0, 0.05) is 18.2 Å². The van der Waals surface area contributed by atoms with E-state index >= 15 is 0 Å². The van der Waals surface area contributed by atoms with Crippen LogP contribution >= 0.6 is 0 Å². The Morgan fingerprint density at radius 3 is 2.21 bits per heavy atom. The molecule has 0 aliphatic carbocycles. The molecule has 19 heavy (non-hydrogen) atoms. The first-order valence-electron chi connectivity index (χ1n) is 6.03. The van der Waals surface area contributed by atoms with Crippen molar-refractivity contribution in [3.05, 3.63) is 35.6 Å². The summed E-state index contributed by atoms with van der Waals surface area (Å²) in [4.78, 5) is 1.17. The summed E-state index contributed by atoms with van der Waals surface area (Å²) >= 11 is 0. The van der Waals surface area contributed by atoms with E-state index < -0.39 is 30.6 Å². The van der Waals surface area contributed by atoms with Gasteiger partial charge in [-0.1, -0.05) is 18.2 Å². The number of halogens is 4. The highest BCUT2D eigenvalue weighted by molar-refractivity contribution is 5.22. The Morgan fingerprint density at radius 1 is 1.21 bits per heavy atom. The molecule has 1 aromatic carbocycles. The van der Waals surface area contributed by atoms with Crippen molar-refractivity contribution in [1.82, 2.24) is 4.90 Å². The van der Waals surface area contributed by atoms with Gasteiger partial charge in [-0.15, -0.1) is 0 Å². The third-order valence-electron chi connectivity index (χ3n) is 2.91. The Bertz CT molecular complexity index is 404. The van der Waals surface area contributed by atoms with E-state index in [2.05, 4.69) is 0 Å². The summed E-state index contributed by atoms with van der Waals surface area (Å²) in [6.07, 6.45) is -4.34. The number of benzene rings is 1. The quantitative estimate of drug-likeness (QED) is 0.839. The SMILES string of the molecule is CC(C)N(CC(F)(F)F)C(CN)c1ccccc1F. The van der Waals surface area contributed by atoms with E-state index in [1.165, 1.54) is 23.1 Å². The van der Waals surface area contributed by atoms with Crippen molar-refractivity contribution < 1.29 is 17.6 Å². The van der Waals surface area contributed by atoms with E-state index in [9.17, 15) is 17.6 Å². The summed E-state index contributed by atoms with van der Waals surface area (Å²) in [7, 11) is 0. The zero-order valence-corrected chi connectivity index (χ0v) is 10.9. The van der Waals surface area contributed by atoms with Gasteiger partial charge in [-0.05, 0) is 19.9 Å². The Labute approximate surface area is 110 Å². The number of alkyl halides is 3. The van der Waals surface area contributed by atoms with E-state index in [1.54, 1.807) is 19.9 Å². The second-order valence-corrected chi connectivity index (χ2v) is 4.65. The first kappa shape index (κ1) is 15.9. The Morgan fingerprint density at radius 2 is 1.79 bits per heavy atom. The molecule has 0 bridgehead atoms. The zero-order chi connectivity index (χ0) is 14.6. The lowest BCUT2D eigenvalue weighted by Gasteiger charge is -2.35. The van der Waals surface area contributed by atoms with Crippen LogP contribution in [0.3, 0.4) is 0 Å². The molecular weight excluding hydrogens is 260 g/mol. The van der Waals surface area contributed by atoms with Gasteiger partial charge in [-0.2, -0.15) is 13.2 Å². The van der Waals surface area contributed by atoms with Crippen molar-refractivity contribution in [1.29, 1.82) is 0 Å². The van der Waals surface area contributed by atoms with E-state index in [-0.39, 0.29) is 12.1 Å². The third kappa shape index (κ3) is 4.47. The predicted molar refractivity (Wildman–Crippen MR) is 66.1 cm³/mol. The molecule has 0 saturated heterocycles. The lowest BCUT2D eigenvalue weighted by molar-refractivity contribution is -0.155. The van der Waals surface area contributed by atoms with E-state index in [1.807, 2.05) is 0 Å². The molecule has 2 nitrogen and oxygen atoms in total. The van der Waals surface area contributed by atoms with Crippen LogP contribution in [0.25, 0.3) is 0 Å². The van der Waals surface area contributed by atoms with Gasteiger partial charge in [0.1, 0.15) is 5.82 Å². The van der Waals surface area contributed by atoms with Crippen LogP contribution in [-0.2, 0) is 0 Å². The molecule has 0 aliphatic heterocycles. The van der Waals surface area contributed by atoms with Crippen molar-refractivity contribution in [3.63, 3.8) is 0 Å². The smallest absolute Gasteiger partial charge is 0.329 e. The molecule has 108 valence electrons. The molecule has 0 amide bonds. The zero-order valence-electron chi connectivity index (χ0n) is 10.9. The normalized spacial score (nSPS) is 14.2. The van der Waals surface area contributed by atoms with E-state index in [0.29, 0.717) is 0 Å². The Kier molecular flexibility index (Phi) is 5.31. The summed E-state index contributed by atoms with van der Waals surface area (Å²) in [5, 5.41) is 0. The van der Waals surface area contributed by atoms with Crippen LogP contribution in [0.1, 0.15) is 25.5 Å². The maximum Gasteiger partial charge on any atom is 0.401 e. The first-order chi connectivity index (χ1) is 8.76. The molecule has 1 rings (SSSR count). The molecule has 0 saturated carbocycles. The van der Waals surface area contributed by atoms with Gasteiger partial charge >= 0.3 is 6.18 Å². The predicted octanol–water partition coefficient (Wildman–Crippen LogP) is 3.10. The minimum Gasteiger partial charge on any atom is -0.329 e. The monoisotopic (exact) mass is 278 g/mol. The van der Waals surface area contributed by atoms with Gasteiger partial charge in [0.15, 0.2) is 0 Å². The highest BCUT2D eigenvalue weighted by Crippen LogP contribution is 2.28. The average Bonchev–Trinajstić information content (AvgIpc) is 2.29. The highest BCUT2D eigenvalue weighted by Gasteiger charge is 2.35. The second-order valence-electron chi connectivity index (χ2n) is 4.65. The third-order valence-corrected chi connectivity index (χ3v) is 2.91. The van der Waals surface area contributed by atoms with Gasteiger partial charge < -0.3 is 5.73 Å². The van der Waals surface area contributed by atoms with Crippen LogP contribution in [0.5, 0.6) is 0 Å². The Balaban J connectivity index is 3.07. The molecule has 2 N–H and O–H groups in total.